The van der Waals surface area contributed by atoms with Crippen molar-refractivity contribution < 1.29 is 0 Å². The number of nitrogens with zero attached hydrogens (tertiary/aromatic N) is 2. The molecular weight excluding hydrogens is 190 g/mol. The van der Waals surface area contributed by atoms with Crippen LogP contribution in [0.3, 0.4) is 0 Å². The maximum atomic E-state index is 11.3. The van der Waals surface area contributed by atoms with Gasteiger partial charge in [0.25, 0.3) is 5.56 Å². The van der Waals surface area contributed by atoms with Crippen molar-refractivity contribution in [2.24, 2.45) is 0 Å². The van der Waals surface area contributed by atoms with Gasteiger partial charge in [-0.3, -0.25) is 9.36 Å². The van der Waals surface area contributed by atoms with Crippen molar-refractivity contribution in [1.29, 1.82) is 0 Å². The van der Waals surface area contributed by atoms with Gasteiger partial charge in [0.1, 0.15) is 0 Å². The highest BCUT2D eigenvalue weighted by Crippen LogP contribution is 1.90. The van der Waals surface area contributed by atoms with E-state index in [1.165, 1.54) is 31.5 Å². The van der Waals surface area contributed by atoms with Gasteiger partial charge in [-0.25, -0.2) is 4.98 Å². The molecule has 0 radical (unpaired) electrons. The molecule has 1 aromatic rings. The number of rotatable bonds is 7. The summed E-state index contributed by atoms with van der Waals surface area (Å²) in [6.07, 6.45) is 6.81. The fourth-order valence-electron chi connectivity index (χ4n) is 1.37. The molecule has 0 amide bonds. The SMILES string of the molecule is CCCCCNCCn1cnccc1=O. The minimum absolute atomic E-state index is 0.0142. The molecule has 4 nitrogen and oxygen atoms in total. The molecule has 0 atom stereocenters. The topological polar surface area (TPSA) is 46.9 Å². The Morgan fingerprint density at radius 3 is 3.00 bits per heavy atom. The Balaban J connectivity index is 2.15. The van der Waals surface area contributed by atoms with Crippen LogP contribution in [0.2, 0.25) is 0 Å². The van der Waals surface area contributed by atoms with Crippen LogP contribution in [-0.4, -0.2) is 22.6 Å². The zero-order valence-electron chi connectivity index (χ0n) is 9.28. The molecule has 0 saturated heterocycles. The number of unbranched alkanes of at least 4 members (excludes halogenated alkanes) is 2. The maximum Gasteiger partial charge on any atom is 0.253 e. The van der Waals surface area contributed by atoms with Crippen molar-refractivity contribution in [2.45, 2.75) is 32.7 Å². The van der Waals surface area contributed by atoms with Crippen molar-refractivity contribution in [1.82, 2.24) is 14.9 Å². The third-order valence-corrected chi connectivity index (χ3v) is 2.28. The van der Waals surface area contributed by atoms with Gasteiger partial charge >= 0.3 is 0 Å². The van der Waals surface area contributed by atoms with Crippen LogP contribution in [0.1, 0.15) is 26.2 Å². The van der Waals surface area contributed by atoms with E-state index in [0.717, 1.165) is 13.1 Å². The van der Waals surface area contributed by atoms with E-state index in [9.17, 15) is 4.79 Å². The molecule has 0 aliphatic heterocycles. The normalized spacial score (nSPS) is 10.5. The Morgan fingerprint density at radius 2 is 2.27 bits per heavy atom. The molecule has 1 aromatic heterocycles. The van der Waals surface area contributed by atoms with Crippen LogP contribution >= 0.6 is 0 Å². The van der Waals surface area contributed by atoms with E-state index in [1.54, 1.807) is 10.9 Å². The highest BCUT2D eigenvalue weighted by Gasteiger charge is 1.93. The lowest BCUT2D eigenvalue weighted by Gasteiger charge is -2.05. The van der Waals surface area contributed by atoms with E-state index in [0.29, 0.717) is 6.54 Å². The summed E-state index contributed by atoms with van der Waals surface area (Å²) in [4.78, 5) is 15.2. The largest absolute Gasteiger partial charge is 0.315 e. The smallest absolute Gasteiger partial charge is 0.253 e. The molecule has 0 aromatic carbocycles. The van der Waals surface area contributed by atoms with Crippen LogP contribution < -0.4 is 10.9 Å². The van der Waals surface area contributed by atoms with Gasteiger partial charge in [0.15, 0.2) is 0 Å². The van der Waals surface area contributed by atoms with Gasteiger partial charge in [0, 0.05) is 25.4 Å². The van der Waals surface area contributed by atoms with E-state index in [1.807, 2.05) is 0 Å². The zero-order chi connectivity index (χ0) is 10.9. The summed E-state index contributed by atoms with van der Waals surface area (Å²) in [6, 6.07) is 1.48. The number of aromatic nitrogens is 2. The van der Waals surface area contributed by atoms with Crippen LogP contribution in [0.4, 0.5) is 0 Å². The minimum Gasteiger partial charge on any atom is -0.315 e. The van der Waals surface area contributed by atoms with Gasteiger partial charge in [0.2, 0.25) is 0 Å². The molecule has 0 fully saturated rings. The van der Waals surface area contributed by atoms with Crippen LogP contribution in [0, 0.1) is 0 Å². The second-order valence-corrected chi connectivity index (χ2v) is 3.57. The Kier molecular flexibility index (Phi) is 5.70. The van der Waals surface area contributed by atoms with Crippen molar-refractivity contribution in [3.05, 3.63) is 28.9 Å². The fraction of sp³-hybridized carbons (Fsp3) is 0.636. The first-order chi connectivity index (χ1) is 7.34. The summed E-state index contributed by atoms with van der Waals surface area (Å²) in [6.45, 7) is 4.74. The second-order valence-electron chi connectivity index (χ2n) is 3.57. The molecule has 1 rings (SSSR count). The Hall–Kier alpha value is -1.16. The van der Waals surface area contributed by atoms with Crippen LogP contribution in [-0.2, 0) is 6.54 Å². The summed E-state index contributed by atoms with van der Waals surface area (Å²) in [5.41, 5.74) is 0.0142. The van der Waals surface area contributed by atoms with E-state index in [2.05, 4.69) is 17.2 Å². The molecule has 4 heteroatoms. The summed E-state index contributed by atoms with van der Waals surface area (Å²) in [5.74, 6) is 0. The van der Waals surface area contributed by atoms with Crippen molar-refractivity contribution in [3.63, 3.8) is 0 Å². The quantitative estimate of drug-likeness (QED) is 0.682. The predicted molar refractivity (Wildman–Crippen MR) is 60.9 cm³/mol. The average Bonchev–Trinajstić information content (AvgIpc) is 2.25. The summed E-state index contributed by atoms with van der Waals surface area (Å²) in [5, 5.41) is 3.31. The molecule has 0 saturated carbocycles. The molecule has 0 aliphatic carbocycles. The molecular formula is C11H19N3O. The first kappa shape index (κ1) is 11.9. The van der Waals surface area contributed by atoms with Gasteiger partial charge < -0.3 is 5.32 Å². The highest BCUT2D eigenvalue weighted by molar-refractivity contribution is 4.81. The zero-order valence-corrected chi connectivity index (χ0v) is 9.28. The van der Waals surface area contributed by atoms with Crippen LogP contribution in [0.25, 0.3) is 0 Å². The molecule has 0 aliphatic rings. The van der Waals surface area contributed by atoms with Gasteiger partial charge in [-0.05, 0) is 13.0 Å². The lowest BCUT2D eigenvalue weighted by molar-refractivity contribution is 0.557. The predicted octanol–water partition coefficient (Wildman–Crippen LogP) is 1.02. The van der Waals surface area contributed by atoms with E-state index < -0.39 is 0 Å². The molecule has 0 spiro atoms. The molecule has 0 unspecified atom stereocenters. The molecule has 15 heavy (non-hydrogen) atoms. The molecule has 84 valence electrons. The highest BCUT2D eigenvalue weighted by atomic mass is 16.1. The van der Waals surface area contributed by atoms with Crippen LogP contribution in [0.5, 0.6) is 0 Å². The standard InChI is InChI=1S/C11H19N3O/c1-2-3-4-6-12-8-9-14-10-13-7-5-11(14)15/h5,7,10,12H,2-4,6,8-9H2,1H3. The monoisotopic (exact) mass is 209 g/mol. The van der Waals surface area contributed by atoms with Crippen molar-refractivity contribution in [2.75, 3.05) is 13.1 Å². The van der Waals surface area contributed by atoms with Gasteiger partial charge in [0.05, 0.1) is 6.33 Å². The lowest BCUT2D eigenvalue weighted by Crippen LogP contribution is -2.27. The number of nitrogens with one attached hydrogen (secondary N) is 1. The first-order valence-corrected chi connectivity index (χ1v) is 5.55. The van der Waals surface area contributed by atoms with Crippen LogP contribution in [0.15, 0.2) is 23.4 Å². The van der Waals surface area contributed by atoms with Gasteiger partial charge in [-0.1, -0.05) is 19.8 Å². The Labute approximate surface area is 90.3 Å². The average molecular weight is 209 g/mol. The number of hydrogen-bond donors (Lipinski definition) is 1. The summed E-state index contributed by atoms with van der Waals surface area (Å²) >= 11 is 0. The van der Waals surface area contributed by atoms with E-state index in [4.69, 9.17) is 0 Å². The van der Waals surface area contributed by atoms with Gasteiger partial charge in [-0.15, -0.1) is 0 Å². The maximum absolute atomic E-state index is 11.3. The first-order valence-electron chi connectivity index (χ1n) is 5.55. The van der Waals surface area contributed by atoms with E-state index in [-0.39, 0.29) is 5.56 Å². The third-order valence-electron chi connectivity index (χ3n) is 2.28. The Bertz CT molecular complexity index is 322. The number of hydrogen-bond acceptors (Lipinski definition) is 3. The van der Waals surface area contributed by atoms with Crippen molar-refractivity contribution >= 4 is 0 Å². The molecule has 1 N–H and O–H groups in total. The molecule has 0 bridgehead atoms. The fourth-order valence-corrected chi connectivity index (χ4v) is 1.37. The minimum atomic E-state index is 0.0142. The second kappa shape index (κ2) is 7.17. The summed E-state index contributed by atoms with van der Waals surface area (Å²) < 4.78 is 1.62. The lowest BCUT2D eigenvalue weighted by atomic mass is 10.2. The summed E-state index contributed by atoms with van der Waals surface area (Å²) in [7, 11) is 0. The van der Waals surface area contributed by atoms with Gasteiger partial charge in [-0.2, -0.15) is 0 Å². The van der Waals surface area contributed by atoms with Crippen molar-refractivity contribution in [3.8, 4) is 0 Å². The third kappa shape index (κ3) is 4.74. The molecule has 1 heterocycles. The van der Waals surface area contributed by atoms with E-state index >= 15 is 0 Å². The Morgan fingerprint density at radius 1 is 1.40 bits per heavy atom.